The van der Waals surface area contributed by atoms with Crippen LogP contribution < -0.4 is 0 Å². The lowest BCUT2D eigenvalue weighted by atomic mass is 9.71. The molecule has 2 unspecified atom stereocenters. The Bertz CT molecular complexity index is 310. The number of ether oxygens (including phenoxy) is 2. The lowest BCUT2D eigenvalue weighted by molar-refractivity contribution is -0.163. The van der Waals surface area contributed by atoms with Gasteiger partial charge in [-0.05, 0) is 26.7 Å². The number of amides is 1. The highest BCUT2D eigenvalue weighted by atomic mass is 16.5. The fourth-order valence-electron chi connectivity index (χ4n) is 2.94. The topological polar surface area (TPSA) is 59.0 Å². The minimum absolute atomic E-state index is 0.0199. The molecule has 18 heavy (non-hydrogen) atoms. The van der Waals surface area contributed by atoms with E-state index in [0.717, 1.165) is 0 Å². The highest BCUT2D eigenvalue weighted by Crippen LogP contribution is 2.38. The maximum atomic E-state index is 12.3. The van der Waals surface area contributed by atoms with Crippen LogP contribution in [0, 0.1) is 5.92 Å². The van der Waals surface area contributed by atoms with Crippen LogP contribution in [0.1, 0.15) is 26.7 Å². The van der Waals surface area contributed by atoms with Gasteiger partial charge < -0.3 is 19.5 Å². The van der Waals surface area contributed by atoms with Crippen molar-refractivity contribution < 1.29 is 19.4 Å². The Morgan fingerprint density at radius 1 is 1.50 bits per heavy atom. The SMILES string of the molecule is COCC1CN(C(=O)C2CC(C)(O)C2)CC(C)O1. The predicted octanol–water partition coefficient (Wildman–Crippen LogP) is 0.410. The summed E-state index contributed by atoms with van der Waals surface area (Å²) in [7, 11) is 1.64. The van der Waals surface area contributed by atoms with E-state index in [1.165, 1.54) is 0 Å². The third-order valence-electron chi connectivity index (χ3n) is 3.71. The molecule has 0 aromatic heterocycles. The van der Waals surface area contributed by atoms with Gasteiger partial charge in [-0.2, -0.15) is 0 Å². The molecule has 0 radical (unpaired) electrons. The Labute approximate surface area is 108 Å². The molecule has 1 saturated carbocycles. The lowest BCUT2D eigenvalue weighted by Gasteiger charge is -2.44. The molecule has 2 fully saturated rings. The summed E-state index contributed by atoms with van der Waals surface area (Å²) in [6, 6.07) is 0. The molecule has 0 bridgehead atoms. The molecular formula is C13H23NO4. The standard InChI is InChI=1S/C13H23NO4/c1-9-6-14(7-11(18-9)8-17-3)12(15)10-4-13(2,16)5-10/h9-11,16H,4-8H2,1-3H3. The van der Waals surface area contributed by atoms with Crippen molar-refractivity contribution in [2.75, 3.05) is 26.8 Å². The Balaban J connectivity index is 1.89. The van der Waals surface area contributed by atoms with E-state index in [2.05, 4.69) is 0 Å². The number of carbonyl (C=O) groups is 1. The highest BCUT2D eigenvalue weighted by molar-refractivity contribution is 5.80. The Hall–Kier alpha value is -0.650. The molecule has 1 saturated heterocycles. The number of methoxy groups -OCH3 is 1. The minimum Gasteiger partial charge on any atom is -0.390 e. The Morgan fingerprint density at radius 2 is 2.17 bits per heavy atom. The van der Waals surface area contributed by atoms with E-state index in [-0.39, 0.29) is 24.0 Å². The fraction of sp³-hybridized carbons (Fsp3) is 0.923. The Kier molecular flexibility index (Phi) is 3.94. The van der Waals surface area contributed by atoms with E-state index < -0.39 is 5.60 Å². The number of carbonyl (C=O) groups excluding carboxylic acids is 1. The summed E-state index contributed by atoms with van der Waals surface area (Å²) in [5.74, 6) is 0.131. The van der Waals surface area contributed by atoms with Crippen molar-refractivity contribution in [2.45, 2.75) is 44.5 Å². The maximum Gasteiger partial charge on any atom is 0.226 e. The fourth-order valence-corrected chi connectivity index (χ4v) is 2.94. The van der Waals surface area contributed by atoms with Crippen LogP contribution in [-0.2, 0) is 14.3 Å². The van der Waals surface area contributed by atoms with Gasteiger partial charge in [0.15, 0.2) is 0 Å². The number of rotatable bonds is 3. The van der Waals surface area contributed by atoms with Gasteiger partial charge in [-0.15, -0.1) is 0 Å². The van der Waals surface area contributed by atoms with Crippen LogP contribution in [0.4, 0.5) is 0 Å². The molecule has 0 aromatic carbocycles. The normalized spacial score (nSPS) is 40.4. The quantitative estimate of drug-likeness (QED) is 0.795. The summed E-state index contributed by atoms with van der Waals surface area (Å²) in [5, 5.41) is 9.70. The second-order valence-electron chi connectivity index (χ2n) is 5.87. The monoisotopic (exact) mass is 257 g/mol. The zero-order chi connectivity index (χ0) is 13.3. The summed E-state index contributed by atoms with van der Waals surface area (Å²) < 4.78 is 10.8. The highest BCUT2D eigenvalue weighted by Gasteiger charge is 2.45. The molecule has 5 nitrogen and oxygen atoms in total. The summed E-state index contributed by atoms with van der Waals surface area (Å²) in [4.78, 5) is 14.1. The van der Waals surface area contributed by atoms with Crippen LogP contribution in [0.25, 0.3) is 0 Å². The van der Waals surface area contributed by atoms with Gasteiger partial charge in [0.2, 0.25) is 5.91 Å². The lowest BCUT2D eigenvalue weighted by Crippen LogP contribution is -2.55. The maximum absolute atomic E-state index is 12.3. The number of hydrogen-bond donors (Lipinski definition) is 1. The van der Waals surface area contributed by atoms with Gasteiger partial charge in [0, 0.05) is 26.1 Å². The van der Waals surface area contributed by atoms with Gasteiger partial charge in [-0.25, -0.2) is 0 Å². The van der Waals surface area contributed by atoms with Gasteiger partial charge in [-0.3, -0.25) is 4.79 Å². The van der Waals surface area contributed by atoms with Crippen LogP contribution in [0.5, 0.6) is 0 Å². The molecule has 1 N–H and O–H groups in total. The first-order valence-corrected chi connectivity index (χ1v) is 6.57. The van der Waals surface area contributed by atoms with E-state index in [9.17, 15) is 9.90 Å². The number of morpholine rings is 1. The van der Waals surface area contributed by atoms with Crippen LogP contribution >= 0.6 is 0 Å². The smallest absolute Gasteiger partial charge is 0.226 e. The van der Waals surface area contributed by atoms with Crippen LogP contribution in [0.3, 0.4) is 0 Å². The summed E-state index contributed by atoms with van der Waals surface area (Å²) in [6.07, 6.45) is 1.16. The van der Waals surface area contributed by atoms with Gasteiger partial charge >= 0.3 is 0 Å². The van der Waals surface area contributed by atoms with Crippen molar-refractivity contribution >= 4 is 5.91 Å². The van der Waals surface area contributed by atoms with E-state index in [0.29, 0.717) is 32.5 Å². The third-order valence-corrected chi connectivity index (χ3v) is 3.71. The number of aliphatic hydroxyl groups is 1. The van der Waals surface area contributed by atoms with Crippen molar-refractivity contribution in [3.8, 4) is 0 Å². The van der Waals surface area contributed by atoms with Crippen molar-refractivity contribution in [2.24, 2.45) is 5.92 Å². The second-order valence-corrected chi connectivity index (χ2v) is 5.87. The number of hydrogen-bond acceptors (Lipinski definition) is 4. The molecule has 104 valence electrons. The molecule has 1 aliphatic carbocycles. The molecule has 2 rings (SSSR count). The third kappa shape index (κ3) is 3.02. The van der Waals surface area contributed by atoms with Crippen molar-refractivity contribution in [3.05, 3.63) is 0 Å². The summed E-state index contributed by atoms with van der Waals surface area (Å²) >= 11 is 0. The average molecular weight is 257 g/mol. The summed E-state index contributed by atoms with van der Waals surface area (Å²) in [5.41, 5.74) is -0.649. The largest absolute Gasteiger partial charge is 0.390 e. The average Bonchev–Trinajstić information content (AvgIpc) is 2.24. The van der Waals surface area contributed by atoms with Crippen molar-refractivity contribution in [3.63, 3.8) is 0 Å². The van der Waals surface area contributed by atoms with E-state index >= 15 is 0 Å². The minimum atomic E-state index is -0.649. The molecular weight excluding hydrogens is 234 g/mol. The van der Waals surface area contributed by atoms with E-state index in [4.69, 9.17) is 9.47 Å². The molecule has 1 aliphatic heterocycles. The zero-order valence-electron chi connectivity index (χ0n) is 11.4. The molecule has 0 spiro atoms. The van der Waals surface area contributed by atoms with Gasteiger partial charge in [0.1, 0.15) is 0 Å². The van der Waals surface area contributed by atoms with Crippen LogP contribution in [-0.4, -0.2) is 60.5 Å². The molecule has 2 atom stereocenters. The van der Waals surface area contributed by atoms with Gasteiger partial charge in [-0.1, -0.05) is 0 Å². The van der Waals surface area contributed by atoms with Crippen molar-refractivity contribution in [1.29, 1.82) is 0 Å². The molecule has 0 aromatic rings. The molecule has 2 aliphatic rings. The Morgan fingerprint density at radius 3 is 2.72 bits per heavy atom. The zero-order valence-corrected chi connectivity index (χ0v) is 11.4. The molecule has 1 amide bonds. The van der Waals surface area contributed by atoms with Crippen molar-refractivity contribution in [1.82, 2.24) is 4.90 Å². The van der Waals surface area contributed by atoms with E-state index in [1.54, 1.807) is 14.0 Å². The van der Waals surface area contributed by atoms with Crippen LogP contribution in [0.15, 0.2) is 0 Å². The molecule has 1 heterocycles. The first-order valence-electron chi connectivity index (χ1n) is 6.57. The van der Waals surface area contributed by atoms with E-state index in [1.807, 2.05) is 11.8 Å². The summed E-state index contributed by atoms with van der Waals surface area (Å²) in [6.45, 7) is 5.50. The second kappa shape index (κ2) is 5.15. The first kappa shape index (κ1) is 13.8. The number of nitrogens with zero attached hydrogens (tertiary/aromatic N) is 1. The van der Waals surface area contributed by atoms with Gasteiger partial charge in [0.25, 0.3) is 0 Å². The first-order chi connectivity index (χ1) is 8.41. The predicted molar refractivity (Wildman–Crippen MR) is 66.1 cm³/mol. The molecule has 5 heteroatoms. The van der Waals surface area contributed by atoms with Crippen LogP contribution in [0.2, 0.25) is 0 Å². The van der Waals surface area contributed by atoms with Gasteiger partial charge in [0.05, 0.1) is 24.4 Å².